The molecule has 0 aliphatic rings. The van der Waals surface area contributed by atoms with Crippen molar-refractivity contribution in [3.8, 4) is 0 Å². The third-order valence-electron chi connectivity index (χ3n) is 1.62. The molecule has 14 heavy (non-hydrogen) atoms. The van der Waals surface area contributed by atoms with Crippen molar-refractivity contribution < 1.29 is 9.53 Å². The van der Waals surface area contributed by atoms with Crippen LogP contribution in [-0.4, -0.2) is 17.1 Å². The van der Waals surface area contributed by atoms with Gasteiger partial charge in [0.1, 0.15) is 5.60 Å². The van der Waals surface area contributed by atoms with Crippen LogP contribution in [0.5, 0.6) is 0 Å². The summed E-state index contributed by atoms with van der Waals surface area (Å²) >= 11 is 0. The van der Waals surface area contributed by atoms with Crippen LogP contribution in [-0.2, 0) is 9.53 Å². The van der Waals surface area contributed by atoms with Crippen LogP contribution in [0.1, 0.15) is 53.9 Å². The number of ether oxygens (including phenoxy) is 1. The highest BCUT2D eigenvalue weighted by Crippen LogP contribution is 2.13. The topological polar surface area (TPSA) is 52.3 Å². The Labute approximate surface area is 87.0 Å². The van der Waals surface area contributed by atoms with E-state index in [-0.39, 0.29) is 17.1 Å². The van der Waals surface area contributed by atoms with E-state index in [1.165, 1.54) is 0 Å². The van der Waals surface area contributed by atoms with Gasteiger partial charge in [0, 0.05) is 12.0 Å². The van der Waals surface area contributed by atoms with Crippen molar-refractivity contribution in [1.29, 1.82) is 0 Å². The van der Waals surface area contributed by atoms with Gasteiger partial charge in [-0.25, -0.2) is 0 Å². The fourth-order valence-electron chi connectivity index (χ4n) is 1.08. The van der Waals surface area contributed by atoms with Gasteiger partial charge in [-0.15, -0.1) is 0 Å². The third kappa shape index (κ3) is 9.52. The number of rotatable bonds is 4. The van der Waals surface area contributed by atoms with E-state index in [2.05, 4.69) is 0 Å². The van der Waals surface area contributed by atoms with Gasteiger partial charge in [-0.3, -0.25) is 4.79 Å². The molecule has 0 aromatic heterocycles. The van der Waals surface area contributed by atoms with E-state index in [1.807, 2.05) is 34.6 Å². The van der Waals surface area contributed by atoms with Gasteiger partial charge in [0.15, 0.2) is 0 Å². The van der Waals surface area contributed by atoms with Gasteiger partial charge in [0.25, 0.3) is 0 Å². The van der Waals surface area contributed by atoms with E-state index in [4.69, 9.17) is 10.5 Å². The van der Waals surface area contributed by atoms with Crippen LogP contribution in [0.25, 0.3) is 0 Å². The molecule has 0 bridgehead atoms. The summed E-state index contributed by atoms with van der Waals surface area (Å²) < 4.78 is 5.17. The van der Waals surface area contributed by atoms with Crippen molar-refractivity contribution in [3.63, 3.8) is 0 Å². The number of carbonyl (C=O) groups is 1. The van der Waals surface area contributed by atoms with E-state index >= 15 is 0 Å². The summed E-state index contributed by atoms with van der Waals surface area (Å²) in [6.07, 6.45) is 2.09. The van der Waals surface area contributed by atoms with Crippen molar-refractivity contribution in [2.75, 3.05) is 0 Å². The first-order valence-corrected chi connectivity index (χ1v) is 5.11. The lowest BCUT2D eigenvalue weighted by molar-refractivity contribution is -0.154. The quantitative estimate of drug-likeness (QED) is 0.710. The van der Waals surface area contributed by atoms with Crippen molar-refractivity contribution >= 4 is 5.97 Å². The molecule has 2 N–H and O–H groups in total. The second-order valence-corrected chi connectivity index (χ2v) is 5.43. The predicted octanol–water partition coefficient (Wildman–Crippen LogP) is 2.24. The molecule has 0 heterocycles. The minimum Gasteiger partial charge on any atom is -0.460 e. The second kappa shape index (κ2) is 4.78. The number of nitrogens with two attached hydrogens (primary N) is 1. The minimum atomic E-state index is -0.380. The Balaban J connectivity index is 3.66. The molecule has 0 atom stereocenters. The van der Waals surface area contributed by atoms with Crippen molar-refractivity contribution in [1.82, 2.24) is 0 Å². The molecule has 0 aliphatic heterocycles. The van der Waals surface area contributed by atoms with Crippen molar-refractivity contribution in [3.05, 3.63) is 0 Å². The Kier molecular flexibility index (Phi) is 4.59. The minimum absolute atomic E-state index is 0.137. The summed E-state index contributed by atoms with van der Waals surface area (Å²) in [6, 6.07) is 0. The van der Waals surface area contributed by atoms with Gasteiger partial charge in [-0.1, -0.05) is 0 Å². The Morgan fingerprint density at radius 1 is 1.21 bits per heavy atom. The van der Waals surface area contributed by atoms with E-state index in [0.29, 0.717) is 6.42 Å². The van der Waals surface area contributed by atoms with E-state index in [0.717, 1.165) is 12.8 Å². The zero-order valence-electron chi connectivity index (χ0n) is 10.0. The molecule has 0 rings (SSSR count). The molecule has 0 aromatic carbocycles. The summed E-state index contributed by atoms with van der Waals surface area (Å²) in [5.74, 6) is -0.137. The highest BCUT2D eigenvalue weighted by molar-refractivity contribution is 5.69. The van der Waals surface area contributed by atoms with Gasteiger partial charge < -0.3 is 10.5 Å². The normalized spacial score (nSPS) is 12.7. The first-order valence-electron chi connectivity index (χ1n) is 5.11. The highest BCUT2D eigenvalue weighted by atomic mass is 16.6. The van der Waals surface area contributed by atoms with Crippen molar-refractivity contribution in [2.24, 2.45) is 5.73 Å². The molecule has 3 nitrogen and oxygen atoms in total. The highest BCUT2D eigenvalue weighted by Gasteiger charge is 2.17. The van der Waals surface area contributed by atoms with Crippen molar-refractivity contribution in [2.45, 2.75) is 65.0 Å². The fraction of sp³-hybridized carbons (Fsp3) is 0.909. The summed E-state index contributed by atoms with van der Waals surface area (Å²) in [5.41, 5.74) is 5.22. The Morgan fingerprint density at radius 3 is 2.07 bits per heavy atom. The fourth-order valence-corrected chi connectivity index (χ4v) is 1.08. The number of hydrogen-bond donors (Lipinski definition) is 1. The van der Waals surface area contributed by atoms with E-state index in [1.54, 1.807) is 0 Å². The van der Waals surface area contributed by atoms with E-state index < -0.39 is 0 Å². The lowest BCUT2D eigenvalue weighted by Crippen LogP contribution is -2.32. The van der Waals surface area contributed by atoms with Crippen LogP contribution in [0.3, 0.4) is 0 Å². The summed E-state index contributed by atoms with van der Waals surface area (Å²) in [5, 5.41) is 0. The largest absolute Gasteiger partial charge is 0.460 e. The molecular formula is C11H23NO2. The van der Waals surface area contributed by atoms with E-state index in [9.17, 15) is 4.79 Å². The smallest absolute Gasteiger partial charge is 0.306 e. The third-order valence-corrected chi connectivity index (χ3v) is 1.62. The monoisotopic (exact) mass is 201 g/mol. The Hall–Kier alpha value is -0.570. The molecule has 84 valence electrons. The number of hydrogen-bond acceptors (Lipinski definition) is 3. The molecule has 0 saturated heterocycles. The van der Waals surface area contributed by atoms with Crippen LogP contribution in [0.4, 0.5) is 0 Å². The first-order chi connectivity index (χ1) is 6.10. The van der Waals surface area contributed by atoms with Crippen LogP contribution >= 0.6 is 0 Å². The average molecular weight is 201 g/mol. The Bertz CT molecular complexity index is 186. The SMILES string of the molecule is CC(C)(N)CCCC(=O)OC(C)(C)C. The molecule has 0 fully saturated rings. The standard InChI is InChI=1S/C11H23NO2/c1-10(2,3)14-9(13)7-6-8-11(4,5)12/h6-8,12H2,1-5H3. The molecule has 0 aromatic rings. The van der Waals surface area contributed by atoms with Crippen LogP contribution in [0, 0.1) is 0 Å². The first kappa shape index (κ1) is 13.4. The van der Waals surface area contributed by atoms with Gasteiger partial charge in [0.2, 0.25) is 0 Å². The Morgan fingerprint density at radius 2 is 1.71 bits per heavy atom. The van der Waals surface area contributed by atoms with Crippen LogP contribution in [0.2, 0.25) is 0 Å². The maximum absolute atomic E-state index is 11.3. The van der Waals surface area contributed by atoms with Gasteiger partial charge in [-0.05, 0) is 47.5 Å². The molecule has 3 heteroatoms. The predicted molar refractivity (Wildman–Crippen MR) is 58.0 cm³/mol. The second-order valence-electron chi connectivity index (χ2n) is 5.43. The molecule has 0 amide bonds. The molecular weight excluding hydrogens is 178 g/mol. The lowest BCUT2D eigenvalue weighted by Gasteiger charge is -2.21. The zero-order valence-corrected chi connectivity index (χ0v) is 10.0. The van der Waals surface area contributed by atoms with Gasteiger partial charge >= 0.3 is 5.97 Å². The summed E-state index contributed by atoms with van der Waals surface area (Å²) in [7, 11) is 0. The zero-order chi connectivity index (χ0) is 11.4. The molecule has 0 radical (unpaired) electrons. The maximum Gasteiger partial charge on any atom is 0.306 e. The van der Waals surface area contributed by atoms with Crippen LogP contribution < -0.4 is 5.73 Å². The molecule has 0 unspecified atom stereocenters. The molecule has 0 saturated carbocycles. The number of esters is 1. The average Bonchev–Trinajstić information content (AvgIpc) is 1.78. The van der Waals surface area contributed by atoms with Gasteiger partial charge in [-0.2, -0.15) is 0 Å². The van der Waals surface area contributed by atoms with Gasteiger partial charge in [0.05, 0.1) is 0 Å². The summed E-state index contributed by atoms with van der Waals surface area (Å²) in [6.45, 7) is 9.54. The molecule has 0 spiro atoms. The van der Waals surface area contributed by atoms with Crippen LogP contribution in [0.15, 0.2) is 0 Å². The maximum atomic E-state index is 11.3. The number of carbonyl (C=O) groups excluding carboxylic acids is 1. The molecule has 0 aliphatic carbocycles. The lowest BCUT2D eigenvalue weighted by atomic mass is 9.99. The summed E-state index contributed by atoms with van der Waals surface area (Å²) in [4.78, 5) is 11.3.